The van der Waals surface area contributed by atoms with Gasteiger partial charge in [-0.15, -0.1) is 0 Å². The third kappa shape index (κ3) is 3.61. The second kappa shape index (κ2) is 6.43. The maximum absolute atomic E-state index is 12.1. The normalized spacial score (nSPS) is 19.1. The Morgan fingerprint density at radius 2 is 2.32 bits per heavy atom. The molecular formula is C14H21N3O2. The monoisotopic (exact) mass is 263 g/mol. The Morgan fingerprint density at radius 3 is 3.05 bits per heavy atom. The predicted octanol–water partition coefficient (Wildman–Crippen LogP) is 0.927. The molecule has 1 atom stereocenters. The van der Waals surface area contributed by atoms with Gasteiger partial charge in [-0.3, -0.25) is 4.79 Å². The van der Waals surface area contributed by atoms with E-state index in [-0.39, 0.29) is 5.91 Å². The summed E-state index contributed by atoms with van der Waals surface area (Å²) in [5.74, 6) is 0.878. The Balaban J connectivity index is 1.89. The average molecular weight is 263 g/mol. The van der Waals surface area contributed by atoms with Crippen LogP contribution < -0.4 is 15.4 Å². The minimum atomic E-state index is 0.124. The molecule has 1 heterocycles. The number of nitrogens with zero attached hydrogens (tertiary/aromatic N) is 1. The van der Waals surface area contributed by atoms with E-state index in [4.69, 9.17) is 4.74 Å². The van der Waals surface area contributed by atoms with E-state index in [1.807, 2.05) is 29.2 Å². The van der Waals surface area contributed by atoms with Crippen molar-refractivity contribution in [2.24, 2.45) is 0 Å². The summed E-state index contributed by atoms with van der Waals surface area (Å²) >= 11 is 0. The maximum Gasteiger partial charge on any atom is 0.241 e. The number of carbonyl (C=O) groups is 1. The number of hydrogen-bond acceptors (Lipinski definition) is 4. The van der Waals surface area contributed by atoms with Gasteiger partial charge < -0.3 is 20.3 Å². The first-order valence-corrected chi connectivity index (χ1v) is 6.58. The van der Waals surface area contributed by atoms with Crippen LogP contribution in [0.15, 0.2) is 24.3 Å². The number of anilines is 1. The van der Waals surface area contributed by atoms with Crippen molar-refractivity contribution in [2.45, 2.75) is 13.0 Å². The Labute approximate surface area is 113 Å². The standard InChI is InChI=1S/C14H21N3O2/c1-11-10-17(8-7-15-11)14(18)9-16-12-5-3-4-6-13(12)19-2/h3-6,11,15-16H,7-10H2,1-2H3. The van der Waals surface area contributed by atoms with Gasteiger partial charge >= 0.3 is 0 Å². The molecule has 1 amide bonds. The van der Waals surface area contributed by atoms with Gasteiger partial charge in [-0.2, -0.15) is 0 Å². The Kier molecular flexibility index (Phi) is 4.63. The Morgan fingerprint density at radius 1 is 1.53 bits per heavy atom. The molecule has 1 aromatic carbocycles. The number of nitrogens with one attached hydrogen (secondary N) is 2. The lowest BCUT2D eigenvalue weighted by Gasteiger charge is -2.32. The first-order chi connectivity index (χ1) is 9.20. The van der Waals surface area contributed by atoms with Crippen LogP contribution in [0, 0.1) is 0 Å². The number of benzene rings is 1. The van der Waals surface area contributed by atoms with Gasteiger partial charge in [0.2, 0.25) is 5.91 Å². The maximum atomic E-state index is 12.1. The minimum Gasteiger partial charge on any atom is -0.495 e. The lowest BCUT2D eigenvalue weighted by atomic mass is 10.2. The third-order valence-corrected chi connectivity index (χ3v) is 3.26. The number of methoxy groups -OCH3 is 1. The van der Waals surface area contributed by atoms with E-state index in [2.05, 4.69) is 17.6 Å². The molecule has 0 spiro atoms. The molecule has 104 valence electrons. The number of para-hydroxylation sites is 2. The molecule has 19 heavy (non-hydrogen) atoms. The highest BCUT2D eigenvalue weighted by Gasteiger charge is 2.20. The van der Waals surface area contributed by atoms with Gasteiger partial charge in [0, 0.05) is 25.7 Å². The molecule has 1 aliphatic heterocycles. The van der Waals surface area contributed by atoms with Crippen molar-refractivity contribution < 1.29 is 9.53 Å². The van der Waals surface area contributed by atoms with Crippen LogP contribution in [0.25, 0.3) is 0 Å². The van der Waals surface area contributed by atoms with Gasteiger partial charge in [-0.25, -0.2) is 0 Å². The van der Waals surface area contributed by atoms with E-state index >= 15 is 0 Å². The first kappa shape index (κ1) is 13.7. The van der Waals surface area contributed by atoms with Crippen molar-refractivity contribution in [3.63, 3.8) is 0 Å². The van der Waals surface area contributed by atoms with Gasteiger partial charge in [-0.1, -0.05) is 12.1 Å². The van der Waals surface area contributed by atoms with Crippen molar-refractivity contribution in [3.8, 4) is 5.75 Å². The van der Waals surface area contributed by atoms with E-state index in [9.17, 15) is 4.79 Å². The predicted molar refractivity (Wildman–Crippen MR) is 75.5 cm³/mol. The van der Waals surface area contributed by atoms with Gasteiger partial charge in [0.25, 0.3) is 0 Å². The van der Waals surface area contributed by atoms with E-state index in [1.165, 1.54) is 0 Å². The van der Waals surface area contributed by atoms with Crippen LogP contribution in [0.1, 0.15) is 6.92 Å². The highest BCUT2D eigenvalue weighted by molar-refractivity contribution is 5.81. The molecule has 0 bridgehead atoms. The van der Waals surface area contributed by atoms with Crippen molar-refractivity contribution in [3.05, 3.63) is 24.3 Å². The molecule has 2 rings (SSSR count). The van der Waals surface area contributed by atoms with Crippen LogP contribution in [0.2, 0.25) is 0 Å². The summed E-state index contributed by atoms with van der Waals surface area (Å²) in [6, 6.07) is 7.97. The van der Waals surface area contributed by atoms with Crippen molar-refractivity contribution in [1.29, 1.82) is 0 Å². The molecule has 5 heteroatoms. The number of piperazine rings is 1. The van der Waals surface area contributed by atoms with Crippen LogP contribution in [0.4, 0.5) is 5.69 Å². The minimum absolute atomic E-state index is 0.124. The van der Waals surface area contributed by atoms with E-state index < -0.39 is 0 Å². The SMILES string of the molecule is COc1ccccc1NCC(=O)N1CCNC(C)C1. The summed E-state index contributed by atoms with van der Waals surface area (Å²) in [5.41, 5.74) is 0.849. The zero-order valence-electron chi connectivity index (χ0n) is 11.5. The second-order valence-corrected chi connectivity index (χ2v) is 4.75. The van der Waals surface area contributed by atoms with Crippen LogP contribution in [-0.4, -0.2) is 50.1 Å². The van der Waals surface area contributed by atoms with Gasteiger partial charge in [0.15, 0.2) is 0 Å². The van der Waals surface area contributed by atoms with Gasteiger partial charge in [0.1, 0.15) is 5.75 Å². The topological polar surface area (TPSA) is 53.6 Å². The summed E-state index contributed by atoms with van der Waals surface area (Å²) in [6.45, 7) is 4.80. The number of carbonyl (C=O) groups excluding carboxylic acids is 1. The Bertz CT molecular complexity index is 436. The van der Waals surface area contributed by atoms with Crippen LogP contribution >= 0.6 is 0 Å². The molecule has 1 fully saturated rings. The van der Waals surface area contributed by atoms with E-state index in [0.717, 1.165) is 31.1 Å². The molecule has 5 nitrogen and oxygen atoms in total. The zero-order chi connectivity index (χ0) is 13.7. The summed E-state index contributed by atoms with van der Waals surface area (Å²) in [6.07, 6.45) is 0. The molecule has 1 aliphatic rings. The fraction of sp³-hybridized carbons (Fsp3) is 0.500. The fourth-order valence-corrected chi connectivity index (χ4v) is 2.23. The third-order valence-electron chi connectivity index (χ3n) is 3.26. The second-order valence-electron chi connectivity index (χ2n) is 4.75. The molecule has 0 aromatic heterocycles. The number of rotatable bonds is 4. The zero-order valence-corrected chi connectivity index (χ0v) is 11.5. The average Bonchev–Trinajstić information content (AvgIpc) is 2.45. The van der Waals surface area contributed by atoms with Crippen LogP contribution in [0.5, 0.6) is 5.75 Å². The lowest BCUT2D eigenvalue weighted by molar-refractivity contribution is -0.130. The molecule has 1 unspecified atom stereocenters. The van der Waals surface area contributed by atoms with Crippen molar-refractivity contribution in [1.82, 2.24) is 10.2 Å². The molecule has 0 aliphatic carbocycles. The number of amides is 1. The number of ether oxygens (including phenoxy) is 1. The summed E-state index contributed by atoms with van der Waals surface area (Å²) in [7, 11) is 1.63. The molecular weight excluding hydrogens is 242 g/mol. The molecule has 2 N–H and O–H groups in total. The molecule has 0 saturated carbocycles. The van der Waals surface area contributed by atoms with Crippen LogP contribution in [-0.2, 0) is 4.79 Å². The lowest BCUT2D eigenvalue weighted by Crippen LogP contribution is -2.52. The smallest absolute Gasteiger partial charge is 0.241 e. The van der Waals surface area contributed by atoms with E-state index in [0.29, 0.717) is 12.6 Å². The number of hydrogen-bond donors (Lipinski definition) is 2. The summed E-state index contributed by atoms with van der Waals surface area (Å²) in [5, 5.41) is 6.46. The highest BCUT2D eigenvalue weighted by Crippen LogP contribution is 2.22. The highest BCUT2D eigenvalue weighted by atomic mass is 16.5. The van der Waals surface area contributed by atoms with Gasteiger partial charge in [-0.05, 0) is 19.1 Å². The van der Waals surface area contributed by atoms with Crippen molar-refractivity contribution >= 4 is 11.6 Å². The molecule has 1 saturated heterocycles. The molecule has 0 radical (unpaired) electrons. The quantitative estimate of drug-likeness (QED) is 0.848. The van der Waals surface area contributed by atoms with Gasteiger partial charge in [0.05, 0.1) is 19.3 Å². The largest absolute Gasteiger partial charge is 0.495 e. The summed E-state index contributed by atoms with van der Waals surface area (Å²) < 4.78 is 5.24. The van der Waals surface area contributed by atoms with E-state index in [1.54, 1.807) is 7.11 Å². The van der Waals surface area contributed by atoms with Crippen LogP contribution in [0.3, 0.4) is 0 Å². The fourth-order valence-electron chi connectivity index (χ4n) is 2.23. The molecule has 1 aromatic rings. The van der Waals surface area contributed by atoms with Crippen molar-refractivity contribution in [2.75, 3.05) is 38.6 Å². The first-order valence-electron chi connectivity index (χ1n) is 6.58. The summed E-state index contributed by atoms with van der Waals surface area (Å²) in [4.78, 5) is 14.0. The Hall–Kier alpha value is -1.75.